The average molecular weight is 295 g/mol. The summed E-state index contributed by atoms with van der Waals surface area (Å²) in [5.41, 5.74) is -0.0612. The zero-order chi connectivity index (χ0) is 14.8. The Bertz CT molecular complexity index is 655. The van der Waals surface area contributed by atoms with Gasteiger partial charge in [-0.05, 0) is 24.6 Å². The molecule has 1 unspecified atom stereocenters. The highest BCUT2D eigenvalue weighted by molar-refractivity contribution is 7.90. The van der Waals surface area contributed by atoms with Crippen LogP contribution in [0.5, 0.6) is 0 Å². The molecule has 7 heteroatoms. The lowest BCUT2D eigenvalue weighted by Crippen LogP contribution is -2.41. The van der Waals surface area contributed by atoms with E-state index in [2.05, 4.69) is 15.5 Å². The molecule has 1 amide bonds. The van der Waals surface area contributed by atoms with Crippen LogP contribution in [-0.2, 0) is 21.2 Å². The van der Waals surface area contributed by atoms with Crippen LogP contribution in [0.1, 0.15) is 18.9 Å². The van der Waals surface area contributed by atoms with Gasteiger partial charge in [-0.2, -0.15) is 10.2 Å². The van der Waals surface area contributed by atoms with E-state index in [1.165, 1.54) is 6.07 Å². The van der Waals surface area contributed by atoms with Gasteiger partial charge >= 0.3 is 0 Å². The van der Waals surface area contributed by atoms with Crippen LogP contribution in [0.15, 0.2) is 39.4 Å². The molecule has 0 aliphatic carbocycles. The van der Waals surface area contributed by atoms with Gasteiger partial charge < -0.3 is 5.32 Å². The Kier molecular flexibility index (Phi) is 3.89. The summed E-state index contributed by atoms with van der Waals surface area (Å²) < 4.78 is 22.9. The molecule has 1 N–H and O–H groups in total. The number of amides is 1. The van der Waals surface area contributed by atoms with Crippen molar-refractivity contribution in [3.63, 3.8) is 0 Å². The lowest BCUT2D eigenvalue weighted by atomic mass is 9.99. The van der Waals surface area contributed by atoms with Crippen molar-refractivity contribution in [1.29, 1.82) is 0 Å². The minimum atomic E-state index is -3.24. The molecule has 2 rings (SSSR count). The van der Waals surface area contributed by atoms with E-state index in [0.717, 1.165) is 11.8 Å². The number of hydrogen-bond donors (Lipinski definition) is 1. The van der Waals surface area contributed by atoms with E-state index >= 15 is 0 Å². The first kappa shape index (κ1) is 14.6. The maximum atomic E-state index is 12.0. The first-order chi connectivity index (χ1) is 9.31. The maximum Gasteiger partial charge on any atom is 0.249 e. The minimum Gasteiger partial charge on any atom is -0.350 e. The summed E-state index contributed by atoms with van der Waals surface area (Å²) in [6.45, 7) is 2.58. The van der Waals surface area contributed by atoms with Gasteiger partial charge in [0.2, 0.25) is 5.91 Å². The Morgan fingerprint density at radius 3 is 2.80 bits per heavy atom. The third-order valence-electron chi connectivity index (χ3n) is 3.26. The Labute approximate surface area is 118 Å². The standard InChI is InChI=1S/C13H17N3O3S/c1-13(6-7-15-16-13)12(17)14-9-10-4-3-5-11(8-10)20(2,18)19/h3-5,8H,6-7,9H2,1-2H3,(H,14,17). The smallest absolute Gasteiger partial charge is 0.249 e. The van der Waals surface area contributed by atoms with Crippen molar-refractivity contribution >= 4 is 15.7 Å². The fraction of sp³-hybridized carbons (Fsp3) is 0.462. The van der Waals surface area contributed by atoms with Gasteiger partial charge in [0.05, 0.1) is 11.4 Å². The van der Waals surface area contributed by atoms with Crippen LogP contribution in [0.3, 0.4) is 0 Å². The van der Waals surface area contributed by atoms with Crippen molar-refractivity contribution in [3.05, 3.63) is 29.8 Å². The normalized spacial score (nSPS) is 21.9. The predicted octanol–water partition coefficient (Wildman–Crippen LogP) is 1.32. The summed E-state index contributed by atoms with van der Waals surface area (Å²) in [6, 6.07) is 6.53. The highest BCUT2D eigenvalue weighted by Gasteiger charge is 2.35. The van der Waals surface area contributed by atoms with E-state index in [1.807, 2.05) is 0 Å². The molecular weight excluding hydrogens is 278 g/mol. The van der Waals surface area contributed by atoms with Gasteiger partial charge in [0.1, 0.15) is 0 Å². The molecule has 1 atom stereocenters. The number of nitrogens with one attached hydrogen (secondary N) is 1. The molecule has 0 spiro atoms. The van der Waals surface area contributed by atoms with Crippen molar-refractivity contribution in [3.8, 4) is 0 Å². The van der Waals surface area contributed by atoms with Gasteiger partial charge in [0, 0.05) is 19.2 Å². The van der Waals surface area contributed by atoms with Gasteiger partial charge in [0.15, 0.2) is 15.4 Å². The third kappa shape index (κ3) is 3.22. The Morgan fingerprint density at radius 1 is 1.45 bits per heavy atom. The summed E-state index contributed by atoms with van der Waals surface area (Å²) in [5.74, 6) is -0.191. The molecule has 0 bridgehead atoms. The topological polar surface area (TPSA) is 88.0 Å². The van der Waals surface area contributed by atoms with E-state index < -0.39 is 15.4 Å². The molecule has 20 heavy (non-hydrogen) atoms. The van der Waals surface area contributed by atoms with Gasteiger partial charge in [-0.3, -0.25) is 4.79 Å². The first-order valence-electron chi connectivity index (χ1n) is 6.27. The van der Waals surface area contributed by atoms with Gasteiger partial charge in [-0.25, -0.2) is 8.42 Å². The van der Waals surface area contributed by atoms with Crippen LogP contribution in [0.4, 0.5) is 0 Å². The Hall–Kier alpha value is -1.76. The van der Waals surface area contributed by atoms with Crippen LogP contribution in [0.25, 0.3) is 0 Å². The van der Waals surface area contributed by atoms with Crippen LogP contribution in [-0.4, -0.2) is 32.7 Å². The quantitative estimate of drug-likeness (QED) is 0.908. The van der Waals surface area contributed by atoms with Gasteiger partial charge in [-0.15, -0.1) is 0 Å². The van der Waals surface area contributed by atoms with Crippen LogP contribution in [0, 0.1) is 0 Å². The molecular formula is C13H17N3O3S. The minimum absolute atomic E-state index is 0.191. The molecule has 0 saturated heterocycles. The number of sulfone groups is 1. The molecule has 6 nitrogen and oxygen atoms in total. The lowest BCUT2D eigenvalue weighted by molar-refractivity contribution is -0.125. The van der Waals surface area contributed by atoms with E-state index in [9.17, 15) is 13.2 Å². The van der Waals surface area contributed by atoms with Crippen LogP contribution >= 0.6 is 0 Å². The molecule has 0 fully saturated rings. The van der Waals surface area contributed by atoms with E-state index in [-0.39, 0.29) is 17.3 Å². The largest absolute Gasteiger partial charge is 0.350 e. The molecule has 0 aromatic heterocycles. The van der Waals surface area contributed by atoms with E-state index in [4.69, 9.17) is 0 Å². The summed E-state index contributed by atoms with van der Waals surface area (Å²) in [5, 5.41) is 10.6. The zero-order valence-corrected chi connectivity index (χ0v) is 12.3. The third-order valence-corrected chi connectivity index (χ3v) is 4.37. The molecule has 1 aliphatic rings. The molecule has 1 aromatic rings. The molecule has 0 saturated carbocycles. The number of rotatable bonds is 4. The summed E-state index contributed by atoms with van der Waals surface area (Å²) in [6.07, 6.45) is 1.76. The van der Waals surface area contributed by atoms with Crippen LogP contribution < -0.4 is 5.32 Å². The first-order valence-corrected chi connectivity index (χ1v) is 8.16. The summed E-state index contributed by atoms with van der Waals surface area (Å²) >= 11 is 0. The zero-order valence-electron chi connectivity index (χ0n) is 11.5. The predicted molar refractivity (Wildman–Crippen MR) is 74.1 cm³/mol. The van der Waals surface area contributed by atoms with Gasteiger partial charge in [0.25, 0.3) is 0 Å². The second kappa shape index (κ2) is 5.32. The fourth-order valence-corrected chi connectivity index (χ4v) is 2.63. The van der Waals surface area contributed by atoms with Crippen molar-refractivity contribution in [2.75, 3.05) is 12.8 Å². The number of carbonyl (C=O) groups is 1. The molecule has 108 valence electrons. The van der Waals surface area contributed by atoms with E-state index in [1.54, 1.807) is 25.1 Å². The van der Waals surface area contributed by atoms with E-state index in [0.29, 0.717) is 13.0 Å². The lowest BCUT2D eigenvalue weighted by Gasteiger charge is -2.17. The second-order valence-corrected chi connectivity index (χ2v) is 7.11. The Balaban J connectivity index is 2.05. The monoisotopic (exact) mass is 295 g/mol. The summed E-state index contributed by atoms with van der Waals surface area (Å²) in [4.78, 5) is 12.3. The highest BCUT2D eigenvalue weighted by atomic mass is 32.2. The van der Waals surface area contributed by atoms with Crippen molar-refractivity contribution in [1.82, 2.24) is 5.32 Å². The maximum absolute atomic E-state index is 12.0. The number of hydrogen-bond acceptors (Lipinski definition) is 5. The molecule has 1 aliphatic heterocycles. The van der Waals surface area contributed by atoms with Crippen molar-refractivity contribution in [2.45, 2.75) is 30.3 Å². The molecule has 1 heterocycles. The average Bonchev–Trinajstić information content (AvgIpc) is 2.83. The highest BCUT2D eigenvalue weighted by Crippen LogP contribution is 2.22. The van der Waals surface area contributed by atoms with Crippen molar-refractivity contribution in [2.24, 2.45) is 10.2 Å². The van der Waals surface area contributed by atoms with Crippen LogP contribution in [0.2, 0.25) is 0 Å². The van der Waals surface area contributed by atoms with Crippen molar-refractivity contribution < 1.29 is 13.2 Å². The number of nitrogens with zero attached hydrogens (tertiary/aromatic N) is 2. The second-order valence-electron chi connectivity index (χ2n) is 5.09. The van der Waals surface area contributed by atoms with Gasteiger partial charge in [-0.1, -0.05) is 12.1 Å². The number of benzene rings is 1. The summed E-state index contributed by atoms with van der Waals surface area (Å²) in [7, 11) is -3.24. The number of azo groups is 1. The SMILES string of the molecule is CC1(C(=O)NCc2cccc(S(C)(=O)=O)c2)CCN=N1. The molecule has 0 radical (unpaired) electrons. The Morgan fingerprint density at radius 2 is 2.20 bits per heavy atom. The molecule has 1 aromatic carbocycles. The number of carbonyl (C=O) groups excluding carboxylic acids is 1. The fourth-order valence-electron chi connectivity index (χ4n) is 1.94.